The zero-order chi connectivity index (χ0) is 30.9. The van der Waals surface area contributed by atoms with Crippen LogP contribution >= 0.6 is 0 Å². The van der Waals surface area contributed by atoms with Gasteiger partial charge in [0.05, 0.1) is 18.9 Å². The van der Waals surface area contributed by atoms with Crippen LogP contribution in [-0.2, 0) is 36.6 Å². The maximum absolute atomic E-state index is 13.1. The fourth-order valence-corrected chi connectivity index (χ4v) is 6.51. The average Bonchev–Trinajstić information content (AvgIpc) is 3.75. The van der Waals surface area contributed by atoms with E-state index in [1.54, 1.807) is 37.5 Å². The number of imidazole rings is 1. The molecule has 1 fully saturated rings. The van der Waals surface area contributed by atoms with Crippen molar-refractivity contribution in [1.29, 1.82) is 0 Å². The molecule has 1 N–H and O–H groups in total. The molecule has 2 amide bonds. The molecule has 228 valence electrons. The van der Waals surface area contributed by atoms with Gasteiger partial charge in [-0.3, -0.25) is 23.5 Å². The molecule has 8 rings (SSSR count). The molecule has 0 saturated carbocycles. The number of hydrogen-bond donors (Lipinski definition) is 1. The molecular formula is C31H33N7O6. The van der Waals surface area contributed by atoms with Crippen molar-refractivity contribution < 1.29 is 20.5 Å². The number of benzene rings is 2. The molecular weight excluding hydrogens is 566 g/mol. The van der Waals surface area contributed by atoms with E-state index in [4.69, 9.17) is 9.47 Å². The third-order valence-electron chi connectivity index (χ3n) is 8.68. The van der Waals surface area contributed by atoms with Crippen LogP contribution in [0.25, 0.3) is 22.1 Å². The van der Waals surface area contributed by atoms with Gasteiger partial charge in [0.25, 0.3) is 5.56 Å². The number of likely N-dealkylation sites (N-methyl/N-ethyl adjacent to an activating group) is 1. The lowest BCUT2D eigenvalue weighted by Gasteiger charge is -2.46. The van der Waals surface area contributed by atoms with Crippen molar-refractivity contribution in [3.05, 3.63) is 86.5 Å². The Kier molecular flexibility index (Phi) is 6.34. The summed E-state index contributed by atoms with van der Waals surface area (Å²) >= 11 is 0. The van der Waals surface area contributed by atoms with E-state index in [-0.39, 0.29) is 43.9 Å². The molecule has 44 heavy (non-hydrogen) atoms. The molecule has 1 saturated heterocycles. The lowest BCUT2D eigenvalue weighted by atomic mass is 9.86. The van der Waals surface area contributed by atoms with Crippen molar-refractivity contribution in [2.75, 3.05) is 20.4 Å². The maximum Gasteiger partial charge on any atom is 0.332 e. The van der Waals surface area contributed by atoms with Crippen molar-refractivity contribution in [2.45, 2.75) is 32.0 Å². The number of aromatic nitrogens is 5. The number of para-hydroxylation sites is 1. The molecule has 3 aliphatic heterocycles. The third kappa shape index (κ3) is 4.02. The number of ether oxygens (including phenoxy) is 2. The highest BCUT2D eigenvalue weighted by atomic mass is 16.7. The topological polar surface area (TPSA) is 137 Å². The molecule has 0 bridgehead atoms. The van der Waals surface area contributed by atoms with Crippen LogP contribution in [0.15, 0.2) is 58.4 Å². The number of amides is 2. The van der Waals surface area contributed by atoms with Gasteiger partial charge in [0, 0.05) is 52.1 Å². The molecule has 0 radical (unpaired) electrons. The van der Waals surface area contributed by atoms with Crippen LogP contribution in [0.5, 0.6) is 11.5 Å². The molecule has 6 heterocycles. The highest BCUT2D eigenvalue weighted by Crippen LogP contribution is 2.44. The van der Waals surface area contributed by atoms with E-state index in [1.807, 2.05) is 36.4 Å². The van der Waals surface area contributed by atoms with E-state index in [2.05, 4.69) is 16.0 Å². The summed E-state index contributed by atoms with van der Waals surface area (Å²) in [4.78, 5) is 60.6. The first-order chi connectivity index (χ1) is 21.2. The van der Waals surface area contributed by atoms with Crippen LogP contribution in [0, 0.1) is 0 Å². The summed E-state index contributed by atoms with van der Waals surface area (Å²) in [5.41, 5.74) is 4.25. The molecule has 2 aromatic carbocycles. The van der Waals surface area contributed by atoms with Gasteiger partial charge < -0.3 is 28.8 Å². The monoisotopic (exact) mass is 599 g/mol. The molecule has 5 aromatic rings. The van der Waals surface area contributed by atoms with Crippen LogP contribution < -0.4 is 20.7 Å². The SMILES string of the molecule is CCn1c(=O)c2c(ncn2C)n(C)c1=O.CN1CC(=O)N2[C@H](c3ccc4c(c3)OCO4)c3[nH]c4ccccc4c3C[C@@H]2C1=O.[HH]. The van der Waals surface area contributed by atoms with Gasteiger partial charge >= 0.3 is 5.69 Å². The Morgan fingerprint density at radius 3 is 2.59 bits per heavy atom. The van der Waals surface area contributed by atoms with Gasteiger partial charge in [-0.05, 0) is 36.2 Å². The molecule has 2 atom stereocenters. The Bertz CT molecular complexity index is 2110. The van der Waals surface area contributed by atoms with Crippen molar-refractivity contribution in [1.82, 2.24) is 33.5 Å². The second-order valence-electron chi connectivity index (χ2n) is 11.2. The number of carbonyl (C=O) groups is 2. The first kappa shape index (κ1) is 27.5. The van der Waals surface area contributed by atoms with Gasteiger partial charge in [0.15, 0.2) is 22.7 Å². The summed E-state index contributed by atoms with van der Waals surface area (Å²) in [5, 5.41) is 1.10. The van der Waals surface area contributed by atoms with Crippen LogP contribution in [0.1, 0.15) is 31.2 Å². The van der Waals surface area contributed by atoms with Gasteiger partial charge in [-0.25, -0.2) is 9.78 Å². The first-order valence-electron chi connectivity index (χ1n) is 14.4. The number of carbonyl (C=O) groups excluding carboxylic acids is 2. The van der Waals surface area contributed by atoms with Crippen LogP contribution in [0.4, 0.5) is 0 Å². The standard InChI is InChI=1S/C22H19N3O4.C9H12N4O2.H2/c1-24-10-19(26)25-16(22(24)27)9-14-13-4-2-3-5-15(13)23-20(14)21(25)12-6-7-17-18(8-12)29-11-28-17;1-4-13-8(14)6-7(10-5-11(6)2)12(3)9(13)15;/h2-8,16,21,23H,9-11H2,1H3;5H,4H2,1-3H3;1H/t16-,21-;;/m1../s1. The number of rotatable bonds is 2. The number of piperazine rings is 1. The normalized spacial score (nSPS) is 18.8. The lowest BCUT2D eigenvalue weighted by molar-refractivity contribution is -0.157. The van der Waals surface area contributed by atoms with Crippen molar-refractivity contribution in [3.63, 3.8) is 0 Å². The first-order valence-corrected chi connectivity index (χ1v) is 14.4. The van der Waals surface area contributed by atoms with Crippen molar-refractivity contribution in [3.8, 4) is 11.5 Å². The van der Waals surface area contributed by atoms with Crippen LogP contribution in [-0.4, -0.2) is 71.7 Å². The fraction of sp³-hybridized carbons (Fsp3) is 0.323. The van der Waals surface area contributed by atoms with E-state index in [9.17, 15) is 19.2 Å². The number of hydrogen-bond acceptors (Lipinski definition) is 7. The fourth-order valence-electron chi connectivity index (χ4n) is 6.51. The second-order valence-corrected chi connectivity index (χ2v) is 11.2. The molecule has 13 nitrogen and oxygen atoms in total. The minimum absolute atomic E-state index is 0. The number of H-pyrrole nitrogens is 1. The van der Waals surface area contributed by atoms with E-state index < -0.39 is 6.04 Å². The molecule has 0 spiro atoms. The third-order valence-corrected chi connectivity index (χ3v) is 8.68. The van der Waals surface area contributed by atoms with E-state index in [1.165, 1.54) is 20.4 Å². The van der Waals surface area contributed by atoms with Crippen molar-refractivity contribution >= 4 is 33.9 Å². The van der Waals surface area contributed by atoms with E-state index in [0.717, 1.165) is 27.7 Å². The largest absolute Gasteiger partial charge is 0.454 e. The maximum atomic E-state index is 13.1. The zero-order valence-corrected chi connectivity index (χ0v) is 24.7. The van der Waals surface area contributed by atoms with Gasteiger partial charge in [0.1, 0.15) is 6.04 Å². The number of aryl methyl sites for hydroxylation is 2. The van der Waals surface area contributed by atoms with Crippen molar-refractivity contribution in [2.24, 2.45) is 14.1 Å². The summed E-state index contributed by atoms with van der Waals surface area (Å²) in [6, 6.07) is 12.9. The van der Waals surface area contributed by atoms with Gasteiger partial charge in [0.2, 0.25) is 18.6 Å². The quantitative estimate of drug-likeness (QED) is 0.327. The molecule has 3 aromatic heterocycles. The van der Waals surface area contributed by atoms with Crippen LogP contribution in [0.3, 0.4) is 0 Å². The average molecular weight is 600 g/mol. The smallest absolute Gasteiger partial charge is 0.332 e. The predicted octanol–water partition coefficient (Wildman–Crippen LogP) is 1.91. The Hall–Kier alpha value is -5.33. The van der Waals surface area contributed by atoms with Gasteiger partial charge in [-0.1, -0.05) is 24.3 Å². The summed E-state index contributed by atoms with van der Waals surface area (Å²) in [6.45, 7) is 2.42. The zero-order valence-electron chi connectivity index (χ0n) is 24.7. The summed E-state index contributed by atoms with van der Waals surface area (Å²) in [6.07, 6.45) is 2.04. The number of nitrogens with one attached hydrogen (secondary N) is 1. The Labute approximate surface area is 252 Å². The minimum Gasteiger partial charge on any atom is -0.454 e. The van der Waals surface area contributed by atoms with E-state index >= 15 is 0 Å². The molecule has 13 heteroatoms. The Balaban J connectivity index is 0.000000190. The summed E-state index contributed by atoms with van der Waals surface area (Å²) in [5.74, 6) is 1.28. The number of nitrogens with zero attached hydrogens (tertiary/aromatic N) is 6. The lowest BCUT2D eigenvalue weighted by Crippen LogP contribution is -2.62. The molecule has 0 aliphatic carbocycles. The summed E-state index contributed by atoms with van der Waals surface area (Å²) in [7, 11) is 5.04. The van der Waals surface area contributed by atoms with E-state index in [0.29, 0.717) is 35.6 Å². The Morgan fingerprint density at radius 2 is 1.80 bits per heavy atom. The van der Waals surface area contributed by atoms with Crippen LogP contribution in [0.2, 0.25) is 0 Å². The highest BCUT2D eigenvalue weighted by Gasteiger charge is 2.47. The van der Waals surface area contributed by atoms with Gasteiger partial charge in [-0.2, -0.15) is 0 Å². The molecule has 0 unspecified atom stereocenters. The number of fused-ring (bicyclic) bond motifs is 6. The minimum atomic E-state index is -0.511. The highest BCUT2D eigenvalue weighted by molar-refractivity contribution is 5.97. The number of aromatic amines is 1. The second kappa shape index (κ2) is 10.1. The summed E-state index contributed by atoms with van der Waals surface area (Å²) < 4.78 is 15.2. The molecule has 3 aliphatic rings. The van der Waals surface area contributed by atoms with Gasteiger partial charge in [-0.15, -0.1) is 0 Å². The Morgan fingerprint density at radius 1 is 1.02 bits per heavy atom. The predicted molar refractivity (Wildman–Crippen MR) is 163 cm³/mol.